The minimum absolute atomic E-state index is 0.309. The molecule has 4 nitrogen and oxygen atoms in total. The topological polar surface area (TPSA) is 54.9 Å². The lowest BCUT2D eigenvalue weighted by atomic mass is 10.4. The first-order valence-electron chi connectivity index (χ1n) is 4.29. The van der Waals surface area contributed by atoms with Crippen LogP contribution in [0, 0.1) is 0 Å². The van der Waals surface area contributed by atoms with Crippen molar-refractivity contribution < 1.29 is 4.21 Å². The lowest BCUT2D eigenvalue weighted by Gasteiger charge is -2.07. The summed E-state index contributed by atoms with van der Waals surface area (Å²) >= 11 is 1.38. The SMILES string of the molecule is O=S(Nc1nncs1)C1CCCC1. The lowest BCUT2D eigenvalue weighted by molar-refractivity contribution is 0.673. The molecule has 6 heteroatoms. The number of nitrogens with one attached hydrogen (secondary N) is 1. The average molecular weight is 217 g/mol. The fourth-order valence-electron chi connectivity index (χ4n) is 1.49. The van der Waals surface area contributed by atoms with Gasteiger partial charge in [-0.25, -0.2) is 4.21 Å². The zero-order valence-electron chi connectivity index (χ0n) is 7.10. The molecule has 0 aromatic carbocycles. The first-order valence-corrected chi connectivity index (χ1v) is 6.39. The fraction of sp³-hybridized carbons (Fsp3) is 0.714. The highest BCUT2D eigenvalue weighted by Gasteiger charge is 2.21. The van der Waals surface area contributed by atoms with Crippen LogP contribution in [0.4, 0.5) is 5.13 Å². The smallest absolute Gasteiger partial charge is 0.217 e. The van der Waals surface area contributed by atoms with Crippen LogP contribution in [-0.4, -0.2) is 19.7 Å². The number of hydrogen-bond donors (Lipinski definition) is 1. The van der Waals surface area contributed by atoms with E-state index in [1.165, 1.54) is 24.2 Å². The summed E-state index contributed by atoms with van der Waals surface area (Å²) in [6.45, 7) is 0. The highest BCUT2D eigenvalue weighted by atomic mass is 32.2. The van der Waals surface area contributed by atoms with E-state index in [0.29, 0.717) is 10.4 Å². The third-order valence-electron chi connectivity index (χ3n) is 2.15. The number of hydrogen-bond acceptors (Lipinski definition) is 4. The summed E-state index contributed by atoms with van der Waals surface area (Å²) in [4.78, 5) is 0. The second-order valence-electron chi connectivity index (χ2n) is 3.05. The molecule has 0 spiro atoms. The molecule has 1 aliphatic rings. The first kappa shape index (κ1) is 9.08. The van der Waals surface area contributed by atoms with Crippen LogP contribution in [0.25, 0.3) is 0 Å². The third-order valence-corrected chi connectivity index (χ3v) is 4.36. The van der Waals surface area contributed by atoms with Gasteiger partial charge in [0.2, 0.25) is 5.13 Å². The van der Waals surface area contributed by atoms with Crippen molar-refractivity contribution in [3.8, 4) is 0 Å². The van der Waals surface area contributed by atoms with Gasteiger partial charge in [-0.15, -0.1) is 10.2 Å². The molecule has 1 aromatic heterocycles. The van der Waals surface area contributed by atoms with Crippen molar-refractivity contribution in [1.82, 2.24) is 10.2 Å². The molecule has 1 N–H and O–H groups in total. The van der Waals surface area contributed by atoms with Gasteiger partial charge in [-0.05, 0) is 12.8 Å². The molecule has 1 aromatic rings. The van der Waals surface area contributed by atoms with E-state index in [1.807, 2.05) is 0 Å². The Hall–Kier alpha value is -0.490. The molecule has 1 unspecified atom stereocenters. The summed E-state index contributed by atoms with van der Waals surface area (Å²) in [6, 6.07) is 0. The summed E-state index contributed by atoms with van der Waals surface area (Å²) in [6.07, 6.45) is 4.54. The van der Waals surface area contributed by atoms with E-state index in [2.05, 4.69) is 14.9 Å². The van der Waals surface area contributed by atoms with Gasteiger partial charge < -0.3 is 0 Å². The zero-order chi connectivity index (χ0) is 9.10. The summed E-state index contributed by atoms with van der Waals surface area (Å²) in [5.41, 5.74) is 1.63. The van der Waals surface area contributed by atoms with Gasteiger partial charge in [0.1, 0.15) is 16.5 Å². The second-order valence-corrected chi connectivity index (χ2v) is 5.35. The Morgan fingerprint density at radius 2 is 2.31 bits per heavy atom. The molecule has 0 amide bonds. The van der Waals surface area contributed by atoms with E-state index >= 15 is 0 Å². The van der Waals surface area contributed by atoms with E-state index in [-0.39, 0.29) is 0 Å². The molecule has 2 rings (SSSR count). The van der Waals surface area contributed by atoms with Crippen molar-refractivity contribution >= 4 is 27.5 Å². The monoisotopic (exact) mass is 217 g/mol. The molecule has 72 valence electrons. The normalized spacial score (nSPS) is 20.3. The van der Waals surface area contributed by atoms with Crippen molar-refractivity contribution in [2.45, 2.75) is 30.9 Å². The maximum absolute atomic E-state index is 11.7. The Labute approximate surface area is 83.4 Å². The molecule has 13 heavy (non-hydrogen) atoms. The van der Waals surface area contributed by atoms with Crippen LogP contribution in [0.1, 0.15) is 25.7 Å². The highest BCUT2D eigenvalue weighted by molar-refractivity contribution is 7.87. The van der Waals surface area contributed by atoms with E-state index in [4.69, 9.17) is 0 Å². The van der Waals surface area contributed by atoms with Crippen molar-refractivity contribution in [3.05, 3.63) is 5.51 Å². The molecule has 1 aliphatic carbocycles. The van der Waals surface area contributed by atoms with Gasteiger partial charge in [-0.1, -0.05) is 24.2 Å². The fourth-order valence-corrected chi connectivity index (χ4v) is 3.36. The predicted octanol–water partition coefficient (Wildman–Crippen LogP) is 1.56. The summed E-state index contributed by atoms with van der Waals surface area (Å²) in [5, 5.41) is 8.43. The molecule has 1 saturated carbocycles. The largest absolute Gasteiger partial charge is 0.279 e. The summed E-state index contributed by atoms with van der Waals surface area (Å²) < 4.78 is 14.5. The molecule has 0 aliphatic heterocycles. The summed E-state index contributed by atoms with van der Waals surface area (Å²) in [5.74, 6) is 0. The third kappa shape index (κ3) is 2.25. The predicted molar refractivity (Wildman–Crippen MR) is 53.9 cm³/mol. The van der Waals surface area contributed by atoms with Gasteiger partial charge in [0.05, 0.1) is 5.25 Å². The van der Waals surface area contributed by atoms with E-state index < -0.39 is 11.0 Å². The number of aromatic nitrogens is 2. The van der Waals surface area contributed by atoms with Crippen molar-refractivity contribution in [2.24, 2.45) is 0 Å². The molecule has 1 fully saturated rings. The van der Waals surface area contributed by atoms with Crippen molar-refractivity contribution in [3.63, 3.8) is 0 Å². The van der Waals surface area contributed by atoms with Gasteiger partial charge in [0, 0.05) is 0 Å². The zero-order valence-corrected chi connectivity index (χ0v) is 8.74. The van der Waals surface area contributed by atoms with Crippen molar-refractivity contribution in [1.29, 1.82) is 0 Å². The highest BCUT2D eigenvalue weighted by Crippen LogP contribution is 2.23. The number of anilines is 1. The van der Waals surface area contributed by atoms with Crippen LogP contribution in [0.5, 0.6) is 0 Å². The molecular weight excluding hydrogens is 206 g/mol. The maximum atomic E-state index is 11.7. The van der Waals surface area contributed by atoms with Gasteiger partial charge in [-0.3, -0.25) is 4.72 Å². The Kier molecular flexibility index (Phi) is 2.90. The van der Waals surface area contributed by atoms with Gasteiger partial charge in [-0.2, -0.15) is 0 Å². The molecule has 1 heterocycles. The van der Waals surface area contributed by atoms with E-state index in [1.54, 1.807) is 5.51 Å². The first-order chi connectivity index (χ1) is 6.36. The van der Waals surface area contributed by atoms with E-state index in [9.17, 15) is 4.21 Å². The molecule has 0 saturated heterocycles. The maximum Gasteiger partial charge on any atom is 0.217 e. The van der Waals surface area contributed by atoms with Crippen LogP contribution < -0.4 is 4.72 Å². The van der Waals surface area contributed by atoms with Crippen LogP contribution in [0.15, 0.2) is 5.51 Å². The lowest BCUT2D eigenvalue weighted by Crippen LogP contribution is -2.17. The standard InChI is InChI=1S/C7H11N3OS2/c11-13(6-3-1-2-4-6)10-7-9-8-5-12-7/h5-6H,1-4H2,(H,9,10). The van der Waals surface area contributed by atoms with Crippen LogP contribution in [0.2, 0.25) is 0 Å². The van der Waals surface area contributed by atoms with Crippen LogP contribution in [0.3, 0.4) is 0 Å². The molecule has 1 atom stereocenters. The summed E-state index contributed by atoms with van der Waals surface area (Å²) in [7, 11) is -0.967. The average Bonchev–Trinajstić information content (AvgIpc) is 2.74. The number of nitrogens with zero attached hydrogens (tertiary/aromatic N) is 2. The quantitative estimate of drug-likeness (QED) is 0.836. The number of rotatable bonds is 3. The van der Waals surface area contributed by atoms with Gasteiger partial charge in [0.15, 0.2) is 0 Å². The van der Waals surface area contributed by atoms with E-state index in [0.717, 1.165) is 12.8 Å². The minimum atomic E-state index is -0.967. The van der Waals surface area contributed by atoms with Gasteiger partial charge >= 0.3 is 0 Å². The minimum Gasteiger partial charge on any atom is -0.279 e. The van der Waals surface area contributed by atoms with Crippen LogP contribution >= 0.6 is 11.3 Å². The second kappa shape index (κ2) is 4.15. The van der Waals surface area contributed by atoms with Crippen molar-refractivity contribution in [2.75, 3.05) is 4.72 Å². The Morgan fingerprint density at radius 3 is 2.92 bits per heavy atom. The van der Waals surface area contributed by atoms with Crippen LogP contribution in [-0.2, 0) is 11.0 Å². The Morgan fingerprint density at radius 1 is 1.54 bits per heavy atom. The molecule has 0 bridgehead atoms. The molecular formula is C7H11N3OS2. The Bertz CT molecular complexity index is 282. The molecule has 0 radical (unpaired) electrons. The Balaban J connectivity index is 1.91. The van der Waals surface area contributed by atoms with Gasteiger partial charge in [0.25, 0.3) is 0 Å².